The van der Waals surface area contributed by atoms with E-state index in [0.717, 1.165) is 31.1 Å². The van der Waals surface area contributed by atoms with Crippen LogP contribution in [0.5, 0.6) is 0 Å². The van der Waals surface area contributed by atoms with E-state index < -0.39 is 0 Å². The van der Waals surface area contributed by atoms with E-state index in [1.807, 2.05) is 24.9 Å². The van der Waals surface area contributed by atoms with E-state index in [2.05, 4.69) is 55.6 Å². The van der Waals surface area contributed by atoms with E-state index >= 15 is 0 Å². The van der Waals surface area contributed by atoms with Crippen LogP contribution in [0.2, 0.25) is 0 Å². The molecule has 3 aromatic rings. The fourth-order valence-electron chi connectivity index (χ4n) is 2.35. The lowest BCUT2D eigenvalue weighted by atomic mass is 10.2. The molecule has 21 heavy (non-hydrogen) atoms. The van der Waals surface area contributed by atoms with Crippen LogP contribution < -0.4 is 5.32 Å². The van der Waals surface area contributed by atoms with Crippen LogP contribution in [0.3, 0.4) is 0 Å². The summed E-state index contributed by atoms with van der Waals surface area (Å²) in [4.78, 5) is 8.44. The molecule has 1 N–H and O–H groups in total. The van der Waals surface area contributed by atoms with Crippen LogP contribution in [0.4, 0.5) is 5.69 Å². The third kappa shape index (κ3) is 3.31. The number of rotatable bonds is 6. The minimum atomic E-state index is 0.732. The van der Waals surface area contributed by atoms with Crippen LogP contribution in [-0.4, -0.2) is 19.1 Å². The Labute approximate surface area is 124 Å². The second-order valence-corrected chi connectivity index (χ2v) is 4.92. The lowest BCUT2D eigenvalue weighted by Crippen LogP contribution is -2.07. The summed E-state index contributed by atoms with van der Waals surface area (Å²) in [6.45, 7) is 4.63. The third-order valence-corrected chi connectivity index (χ3v) is 3.44. The Kier molecular flexibility index (Phi) is 4.00. The first kappa shape index (κ1) is 13.4. The van der Waals surface area contributed by atoms with Crippen molar-refractivity contribution in [2.75, 3.05) is 5.32 Å². The number of aryl methyl sites for hydroxylation is 1. The van der Waals surface area contributed by atoms with E-state index in [4.69, 9.17) is 0 Å². The minimum Gasteiger partial charge on any atom is -0.378 e. The van der Waals surface area contributed by atoms with Gasteiger partial charge in [-0.3, -0.25) is 0 Å². The summed E-state index contributed by atoms with van der Waals surface area (Å²) in [5.41, 5.74) is 2.36. The summed E-state index contributed by atoms with van der Waals surface area (Å²) in [5.74, 6) is 1.05. The number of benzene rings is 1. The van der Waals surface area contributed by atoms with Gasteiger partial charge in [-0.1, -0.05) is 12.1 Å². The molecule has 1 aromatic carbocycles. The van der Waals surface area contributed by atoms with Gasteiger partial charge in [-0.25, -0.2) is 9.97 Å². The van der Waals surface area contributed by atoms with Crippen LogP contribution in [-0.2, 0) is 19.6 Å². The SMILES string of the molecule is CCn1ccnc1CNc1cccc(Cn2ccnc2)c1. The molecule has 0 fully saturated rings. The maximum Gasteiger partial charge on any atom is 0.128 e. The molecular formula is C16H19N5. The highest BCUT2D eigenvalue weighted by Crippen LogP contribution is 2.13. The van der Waals surface area contributed by atoms with Crippen LogP contribution in [0.1, 0.15) is 18.3 Å². The normalized spacial score (nSPS) is 10.7. The lowest BCUT2D eigenvalue weighted by Gasteiger charge is -2.10. The highest BCUT2D eigenvalue weighted by molar-refractivity contribution is 5.45. The van der Waals surface area contributed by atoms with Crippen LogP contribution in [0.25, 0.3) is 0 Å². The fraction of sp³-hybridized carbons (Fsp3) is 0.250. The topological polar surface area (TPSA) is 47.7 Å². The molecule has 0 atom stereocenters. The molecule has 0 radical (unpaired) electrons. The van der Waals surface area contributed by atoms with Gasteiger partial charge >= 0.3 is 0 Å². The molecule has 2 aromatic heterocycles. The molecule has 0 saturated heterocycles. The number of nitrogens with one attached hydrogen (secondary N) is 1. The van der Waals surface area contributed by atoms with Crippen LogP contribution in [0.15, 0.2) is 55.4 Å². The first-order chi connectivity index (χ1) is 10.3. The summed E-state index contributed by atoms with van der Waals surface area (Å²) in [7, 11) is 0. The molecule has 0 bridgehead atoms. The molecule has 2 heterocycles. The zero-order valence-corrected chi connectivity index (χ0v) is 12.1. The first-order valence-electron chi connectivity index (χ1n) is 7.13. The molecule has 0 aliphatic carbocycles. The summed E-state index contributed by atoms with van der Waals surface area (Å²) < 4.78 is 4.20. The molecule has 5 nitrogen and oxygen atoms in total. The van der Waals surface area contributed by atoms with E-state index in [1.165, 1.54) is 5.56 Å². The predicted octanol–water partition coefficient (Wildman–Crippen LogP) is 2.76. The average molecular weight is 281 g/mol. The molecule has 0 aliphatic heterocycles. The van der Waals surface area contributed by atoms with Crippen molar-refractivity contribution >= 4 is 5.69 Å². The van der Waals surface area contributed by atoms with Crippen molar-refractivity contribution in [1.82, 2.24) is 19.1 Å². The maximum atomic E-state index is 4.37. The molecule has 108 valence electrons. The number of nitrogens with zero attached hydrogens (tertiary/aromatic N) is 4. The number of hydrogen-bond acceptors (Lipinski definition) is 3. The summed E-state index contributed by atoms with van der Waals surface area (Å²) in [6, 6.07) is 8.44. The van der Waals surface area contributed by atoms with Gasteiger partial charge in [0.15, 0.2) is 0 Å². The van der Waals surface area contributed by atoms with Gasteiger partial charge in [0, 0.05) is 43.6 Å². The van der Waals surface area contributed by atoms with Gasteiger partial charge in [-0.15, -0.1) is 0 Å². The summed E-state index contributed by atoms with van der Waals surface area (Å²) in [5, 5.41) is 3.43. The van der Waals surface area contributed by atoms with Crippen molar-refractivity contribution in [3.05, 3.63) is 66.8 Å². The van der Waals surface area contributed by atoms with Crippen molar-refractivity contribution in [2.45, 2.75) is 26.6 Å². The molecule has 0 unspecified atom stereocenters. The van der Waals surface area contributed by atoms with E-state index in [0.29, 0.717) is 0 Å². The molecule has 0 aliphatic rings. The lowest BCUT2D eigenvalue weighted by molar-refractivity contribution is 0.708. The number of aromatic nitrogens is 4. The van der Waals surface area contributed by atoms with Crippen LogP contribution >= 0.6 is 0 Å². The van der Waals surface area contributed by atoms with Gasteiger partial charge in [0.05, 0.1) is 12.9 Å². The molecular weight excluding hydrogens is 262 g/mol. The number of hydrogen-bond donors (Lipinski definition) is 1. The highest BCUT2D eigenvalue weighted by atomic mass is 15.1. The Hall–Kier alpha value is -2.56. The summed E-state index contributed by atoms with van der Waals surface area (Å²) >= 11 is 0. The van der Waals surface area contributed by atoms with Gasteiger partial charge in [0.1, 0.15) is 5.82 Å². The van der Waals surface area contributed by atoms with Gasteiger partial charge in [-0.2, -0.15) is 0 Å². The van der Waals surface area contributed by atoms with Gasteiger partial charge in [-0.05, 0) is 24.6 Å². The minimum absolute atomic E-state index is 0.732. The summed E-state index contributed by atoms with van der Waals surface area (Å²) in [6.07, 6.45) is 9.45. The third-order valence-electron chi connectivity index (χ3n) is 3.44. The monoisotopic (exact) mass is 281 g/mol. The van der Waals surface area contributed by atoms with E-state index in [1.54, 1.807) is 6.20 Å². The van der Waals surface area contributed by atoms with Crippen molar-refractivity contribution < 1.29 is 0 Å². The van der Waals surface area contributed by atoms with Gasteiger partial charge < -0.3 is 14.5 Å². The number of imidazole rings is 2. The van der Waals surface area contributed by atoms with Gasteiger partial charge in [0.25, 0.3) is 0 Å². The standard InChI is InChI=1S/C16H19N5/c1-2-21-9-7-18-16(21)11-19-15-5-3-4-14(10-15)12-20-8-6-17-13-20/h3-10,13,19H,2,11-12H2,1H3. The van der Waals surface area contributed by atoms with Crippen molar-refractivity contribution in [1.29, 1.82) is 0 Å². The quantitative estimate of drug-likeness (QED) is 0.756. The molecule has 3 rings (SSSR count). The average Bonchev–Trinajstić information content (AvgIpc) is 3.16. The molecule has 0 spiro atoms. The Bertz CT molecular complexity index is 684. The maximum absolute atomic E-state index is 4.37. The molecule has 0 saturated carbocycles. The molecule has 5 heteroatoms. The predicted molar refractivity (Wildman–Crippen MR) is 83.0 cm³/mol. The zero-order chi connectivity index (χ0) is 14.5. The number of anilines is 1. The Balaban J connectivity index is 1.66. The van der Waals surface area contributed by atoms with Crippen molar-refractivity contribution in [3.8, 4) is 0 Å². The van der Waals surface area contributed by atoms with E-state index in [9.17, 15) is 0 Å². The zero-order valence-electron chi connectivity index (χ0n) is 12.1. The Morgan fingerprint density at radius 2 is 2.14 bits per heavy atom. The highest BCUT2D eigenvalue weighted by Gasteiger charge is 2.02. The van der Waals surface area contributed by atoms with E-state index in [-0.39, 0.29) is 0 Å². The van der Waals surface area contributed by atoms with Crippen molar-refractivity contribution in [2.24, 2.45) is 0 Å². The second-order valence-electron chi connectivity index (χ2n) is 4.92. The van der Waals surface area contributed by atoms with Crippen LogP contribution in [0, 0.1) is 0 Å². The van der Waals surface area contributed by atoms with Crippen molar-refractivity contribution in [3.63, 3.8) is 0 Å². The first-order valence-corrected chi connectivity index (χ1v) is 7.13. The Morgan fingerprint density at radius 3 is 2.95 bits per heavy atom. The largest absolute Gasteiger partial charge is 0.378 e. The second kappa shape index (κ2) is 6.26. The Morgan fingerprint density at radius 1 is 1.19 bits per heavy atom. The smallest absolute Gasteiger partial charge is 0.128 e. The van der Waals surface area contributed by atoms with Gasteiger partial charge in [0.2, 0.25) is 0 Å². The fourth-order valence-corrected chi connectivity index (χ4v) is 2.35. The molecule has 0 amide bonds.